The number of ether oxygens (including phenoxy) is 1. The van der Waals surface area contributed by atoms with Crippen molar-refractivity contribution in [3.8, 4) is 0 Å². The molecule has 1 aliphatic rings. The lowest BCUT2D eigenvalue weighted by molar-refractivity contribution is -0.125. The smallest absolute Gasteiger partial charge is 0.226 e. The van der Waals surface area contributed by atoms with Gasteiger partial charge in [-0.05, 0) is 35.7 Å². The van der Waals surface area contributed by atoms with Gasteiger partial charge >= 0.3 is 0 Å². The molecule has 0 spiro atoms. The molecule has 1 N–H and O–H groups in total. The average molecular weight is 322 g/mol. The van der Waals surface area contributed by atoms with Gasteiger partial charge in [-0.1, -0.05) is 0 Å². The first-order chi connectivity index (χ1) is 10.2. The van der Waals surface area contributed by atoms with Crippen LogP contribution in [-0.4, -0.2) is 24.1 Å². The molecular weight excluding hydrogens is 304 g/mol. The number of aromatic nitrogens is 1. The zero-order chi connectivity index (χ0) is 14.7. The lowest BCUT2D eigenvalue weighted by Crippen LogP contribution is -2.35. The summed E-state index contributed by atoms with van der Waals surface area (Å²) in [5, 5.41) is 10.4. The number of thiazole rings is 1. The topological polar surface area (TPSA) is 51.2 Å². The summed E-state index contributed by atoms with van der Waals surface area (Å²) in [4.78, 5) is 16.9. The largest absolute Gasteiger partial charge is 0.381 e. The van der Waals surface area contributed by atoms with Crippen LogP contribution in [0.5, 0.6) is 0 Å². The number of carbonyl (C=O) groups excluding carboxylic acids is 1. The number of rotatable bonds is 5. The number of nitrogens with zero attached hydrogens (tertiary/aromatic N) is 1. The van der Waals surface area contributed by atoms with E-state index < -0.39 is 0 Å². The van der Waals surface area contributed by atoms with Gasteiger partial charge in [0.25, 0.3) is 0 Å². The molecule has 1 amide bonds. The Kier molecular flexibility index (Phi) is 4.67. The van der Waals surface area contributed by atoms with Gasteiger partial charge < -0.3 is 10.1 Å². The molecule has 2 atom stereocenters. The van der Waals surface area contributed by atoms with Gasteiger partial charge in [0.05, 0.1) is 18.6 Å². The first-order valence-electron chi connectivity index (χ1n) is 7.03. The Balaban J connectivity index is 1.73. The third-order valence-electron chi connectivity index (χ3n) is 3.57. The van der Waals surface area contributed by atoms with E-state index in [4.69, 9.17) is 4.74 Å². The van der Waals surface area contributed by atoms with Crippen molar-refractivity contribution >= 4 is 28.6 Å². The number of carbonyl (C=O) groups is 1. The van der Waals surface area contributed by atoms with E-state index in [1.165, 1.54) is 5.56 Å². The molecule has 0 bridgehead atoms. The quantitative estimate of drug-likeness (QED) is 0.921. The Hall–Kier alpha value is -1.24. The molecule has 0 unspecified atom stereocenters. The number of hydrogen-bond acceptors (Lipinski definition) is 5. The van der Waals surface area contributed by atoms with Crippen LogP contribution >= 0.6 is 22.7 Å². The summed E-state index contributed by atoms with van der Waals surface area (Å²) in [6.07, 6.45) is 1.60. The van der Waals surface area contributed by atoms with Gasteiger partial charge in [0.15, 0.2) is 0 Å². The summed E-state index contributed by atoms with van der Waals surface area (Å²) in [6, 6.07) is 2.05. The van der Waals surface area contributed by atoms with E-state index in [0.717, 1.165) is 23.5 Å². The molecule has 3 heterocycles. The molecule has 21 heavy (non-hydrogen) atoms. The molecule has 112 valence electrons. The Bertz CT molecular complexity index is 589. The zero-order valence-corrected chi connectivity index (χ0v) is 13.5. The molecule has 2 aromatic heterocycles. The van der Waals surface area contributed by atoms with Crippen LogP contribution in [0, 0.1) is 12.8 Å². The highest BCUT2D eigenvalue weighted by molar-refractivity contribution is 7.09. The fourth-order valence-electron chi connectivity index (χ4n) is 2.41. The van der Waals surface area contributed by atoms with E-state index in [1.807, 2.05) is 12.3 Å². The van der Waals surface area contributed by atoms with E-state index in [-0.39, 0.29) is 17.9 Å². The summed E-state index contributed by atoms with van der Waals surface area (Å²) in [7, 11) is 0. The molecule has 1 saturated heterocycles. The van der Waals surface area contributed by atoms with Gasteiger partial charge in [0.2, 0.25) is 5.91 Å². The van der Waals surface area contributed by atoms with Crippen LogP contribution in [0.4, 0.5) is 0 Å². The van der Waals surface area contributed by atoms with Crippen LogP contribution in [0.3, 0.4) is 0 Å². The van der Waals surface area contributed by atoms with E-state index >= 15 is 0 Å². The monoisotopic (exact) mass is 322 g/mol. The van der Waals surface area contributed by atoms with Crippen molar-refractivity contribution in [2.75, 3.05) is 13.2 Å². The van der Waals surface area contributed by atoms with Crippen LogP contribution in [0.1, 0.15) is 28.7 Å². The molecule has 0 radical (unpaired) electrons. The minimum absolute atomic E-state index is 0.0176. The fraction of sp³-hybridized carbons (Fsp3) is 0.467. The second-order valence-corrected chi connectivity index (χ2v) is 6.95. The maximum absolute atomic E-state index is 12.4. The third-order valence-corrected chi connectivity index (χ3v) is 5.38. The average Bonchev–Trinajstić information content (AvgIpc) is 3.20. The Labute approximate surface area is 132 Å². The van der Waals surface area contributed by atoms with Crippen molar-refractivity contribution in [3.05, 3.63) is 38.5 Å². The number of hydrogen-bond donors (Lipinski definition) is 1. The molecule has 3 rings (SSSR count). The molecular formula is C15H18N2O2S2. The van der Waals surface area contributed by atoms with Crippen molar-refractivity contribution < 1.29 is 9.53 Å². The second kappa shape index (κ2) is 6.68. The number of aryl methyl sites for hydroxylation is 1. The van der Waals surface area contributed by atoms with Crippen molar-refractivity contribution in [1.29, 1.82) is 0 Å². The standard InChI is InChI=1S/C15H18N2O2S2/c1-10-8-21-15(16-10)13(6-11-3-5-20-9-11)17-14(18)12-2-4-19-7-12/h3,5,8-9,12-13H,2,4,6-7H2,1H3,(H,17,18)/t12-,13+/m1/s1. The van der Waals surface area contributed by atoms with Crippen LogP contribution in [0.15, 0.2) is 22.2 Å². The first-order valence-corrected chi connectivity index (χ1v) is 8.86. The van der Waals surface area contributed by atoms with Gasteiger partial charge in [-0.25, -0.2) is 4.98 Å². The highest BCUT2D eigenvalue weighted by Gasteiger charge is 2.27. The van der Waals surface area contributed by atoms with Gasteiger partial charge in [-0.3, -0.25) is 4.79 Å². The minimum Gasteiger partial charge on any atom is -0.381 e. The molecule has 0 saturated carbocycles. The highest BCUT2D eigenvalue weighted by atomic mass is 32.1. The lowest BCUT2D eigenvalue weighted by Gasteiger charge is -2.18. The molecule has 6 heteroatoms. The Morgan fingerprint density at radius 1 is 1.57 bits per heavy atom. The van der Waals surface area contributed by atoms with E-state index in [1.54, 1.807) is 22.7 Å². The number of thiophene rings is 1. The predicted octanol–water partition coefficient (Wildman–Crippen LogP) is 2.95. The highest BCUT2D eigenvalue weighted by Crippen LogP contribution is 2.24. The molecule has 0 aromatic carbocycles. The maximum atomic E-state index is 12.4. The summed E-state index contributed by atoms with van der Waals surface area (Å²) in [5.41, 5.74) is 2.24. The lowest BCUT2D eigenvalue weighted by atomic mass is 10.1. The molecule has 0 aliphatic carbocycles. The summed E-state index contributed by atoms with van der Waals surface area (Å²) >= 11 is 3.29. The first kappa shape index (κ1) is 14.7. The fourth-order valence-corrected chi connectivity index (χ4v) is 3.94. The molecule has 2 aromatic rings. The van der Waals surface area contributed by atoms with E-state index in [0.29, 0.717) is 13.2 Å². The minimum atomic E-state index is -0.0496. The summed E-state index contributed by atoms with van der Waals surface area (Å²) in [5.74, 6) is 0.0663. The zero-order valence-electron chi connectivity index (χ0n) is 11.9. The van der Waals surface area contributed by atoms with Crippen LogP contribution in [-0.2, 0) is 16.0 Å². The molecule has 1 aliphatic heterocycles. The van der Waals surface area contributed by atoms with Gasteiger partial charge in [0, 0.05) is 24.1 Å². The molecule has 1 fully saturated rings. The van der Waals surface area contributed by atoms with E-state index in [9.17, 15) is 4.79 Å². The van der Waals surface area contributed by atoms with Crippen LogP contribution in [0.2, 0.25) is 0 Å². The van der Waals surface area contributed by atoms with Gasteiger partial charge in [-0.15, -0.1) is 11.3 Å². The SMILES string of the molecule is Cc1csc([C@H](Cc2ccsc2)NC(=O)[C@@H]2CCOC2)n1. The van der Waals surface area contributed by atoms with Crippen molar-refractivity contribution in [1.82, 2.24) is 10.3 Å². The van der Waals surface area contributed by atoms with Crippen molar-refractivity contribution in [2.45, 2.75) is 25.8 Å². The maximum Gasteiger partial charge on any atom is 0.226 e. The summed E-state index contributed by atoms with van der Waals surface area (Å²) < 4.78 is 5.30. The normalized spacial score (nSPS) is 19.6. The third kappa shape index (κ3) is 3.70. The van der Waals surface area contributed by atoms with Crippen molar-refractivity contribution in [3.63, 3.8) is 0 Å². The van der Waals surface area contributed by atoms with Crippen LogP contribution in [0.25, 0.3) is 0 Å². The van der Waals surface area contributed by atoms with Gasteiger partial charge in [0.1, 0.15) is 5.01 Å². The van der Waals surface area contributed by atoms with Crippen LogP contribution < -0.4 is 5.32 Å². The van der Waals surface area contributed by atoms with E-state index in [2.05, 4.69) is 27.1 Å². The van der Waals surface area contributed by atoms with Gasteiger partial charge in [-0.2, -0.15) is 11.3 Å². The van der Waals surface area contributed by atoms with Crippen molar-refractivity contribution in [2.24, 2.45) is 5.92 Å². The summed E-state index contributed by atoms with van der Waals surface area (Å²) in [6.45, 7) is 3.20. The molecule has 4 nitrogen and oxygen atoms in total. The number of nitrogens with one attached hydrogen (secondary N) is 1. The predicted molar refractivity (Wildman–Crippen MR) is 84.7 cm³/mol. The second-order valence-electron chi connectivity index (χ2n) is 5.28. The Morgan fingerprint density at radius 2 is 2.48 bits per heavy atom. The Morgan fingerprint density at radius 3 is 3.10 bits per heavy atom. The number of amides is 1.